The van der Waals surface area contributed by atoms with E-state index in [9.17, 15) is 0 Å². The third-order valence-electron chi connectivity index (χ3n) is 7.28. The Labute approximate surface area is 219 Å². The average Bonchev–Trinajstić information content (AvgIpc) is 3.39. The Bertz CT molecular complexity index is 1190. The second-order valence-electron chi connectivity index (χ2n) is 9.49. The maximum Gasteiger partial charge on any atom is 0.170 e. The van der Waals surface area contributed by atoms with Crippen LogP contribution in [0.4, 0.5) is 0 Å². The summed E-state index contributed by atoms with van der Waals surface area (Å²) in [5.41, 5.74) is 5.76. The SMILES string of the molecule is COc1cccc(-n2c(C)cc([C@@H]3[C@@H](c4ccccn4)NC(=S)N3CCCN3CCOCC3)c2C)c1. The van der Waals surface area contributed by atoms with Gasteiger partial charge in [-0.25, -0.2) is 0 Å². The molecule has 2 atom stereocenters. The van der Waals surface area contributed by atoms with Crippen LogP contribution in [0.25, 0.3) is 5.69 Å². The number of hydrogen-bond donors (Lipinski definition) is 1. The van der Waals surface area contributed by atoms with Crippen LogP contribution in [-0.4, -0.2) is 71.0 Å². The number of benzene rings is 1. The van der Waals surface area contributed by atoms with E-state index in [0.29, 0.717) is 0 Å². The highest BCUT2D eigenvalue weighted by atomic mass is 32.1. The van der Waals surface area contributed by atoms with Crippen molar-refractivity contribution in [3.8, 4) is 11.4 Å². The fourth-order valence-corrected chi connectivity index (χ4v) is 5.84. The van der Waals surface area contributed by atoms with Crippen LogP contribution < -0.4 is 10.1 Å². The molecule has 0 aliphatic carbocycles. The monoisotopic (exact) mass is 505 g/mol. The van der Waals surface area contributed by atoms with Gasteiger partial charge in [0.25, 0.3) is 0 Å². The van der Waals surface area contributed by atoms with Crippen LogP contribution in [0.3, 0.4) is 0 Å². The van der Waals surface area contributed by atoms with Crippen molar-refractivity contribution >= 4 is 17.3 Å². The zero-order valence-corrected chi connectivity index (χ0v) is 22.1. The molecule has 190 valence electrons. The van der Waals surface area contributed by atoms with Gasteiger partial charge in [0.1, 0.15) is 5.75 Å². The predicted molar refractivity (Wildman–Crippen MR) is 146 cm³/mol. The van der Waals surface area contributed by atoms with Gasteiger partial charge in [-0.05, 0) is 68.4 Å². The van der Waals surface area contributed by atoms with Crippen molar-refractivity contribution in [1.29, 1.82) is 0 Å². The lowest BCUT2D eigenvalue weighted by Gasteiger charge is -2.30. The number of hydrogen-bond acceptors (Lipinski definition) is 5. The number of ether oxygens (including phenoxy) is 2. The molecule has 3 aromatic rings. The Balaban J connectivity index is 1.48. The summed E-state index contributed by atoms with van der Waals surface area (Å²) in [5.74, 6) is 0.848. The maximum atomic E-state index is 5.90. The summed E-state index contributed by atoms with van der Waals surface area (Å²) >= 11 is 5.90. The maximum absolute atomic E-state index is 5.90. The van der Waals surface area contributed by atoms with Crippen molar-refractivity contribution in [3.05, 3.63) is 77.4 Å². The predicted octanol–water partition coefficient (Wildman–Crippen LogP) is 4.19. The summed E-state index contributed by atoms with van der Waals surface area (Å²) in [6.45, 7) is 9.95. The summed E-state index contributed by atoms with van der Waals surface area (Å²) in [7, 11) is 1.71. The first kappa shape index (κ1) is 24.7. The highest BCUT2D eigenvalue weighted by Gasteiger charge is 2.41. The topological polar surface area (TPSA) is 54.8 Å². The van der Waals surface area contributed by atoms with E-state index in [2.05, 4.69) is 57.8 Å². The first-order valence-corrected chi connectivity index (χ1v) is 13.1. The van der Waals surface area contributed by atoms with E-state index < -0.39 is 0 Å². The third kappa shape index (κ3) is 4.98. The lowest BCUT2D eigenvalue weighted by Crippen LogP contribution is -2.39. The summed E-state index contributed by atoms with van der Waals surface area (Å²) in [5, 5.41) is 4.40. The highest BCUT2D eigenvalue weighted by molar-refractivity contribution is 7.80. The fourth-order valence-electron chi connectivity index (χ4n) is 5.51. The van der Waals surface area contributed by atoms with E-state index in [1.165, 1.54) is 17.0 Å². The summed E-state index contributed by atoms with van der Waals surface area (Å²) in [6, 6.07) is 16.7. The molecule has 2 fully saturated rings. The molecule has 2 aromatic heterocycles. The Morgan fingerprint density at radius 2 is 1.92 bits per heavy atom. The Hall–Kier alpha value is -2.94. The van der Waals surface area contributed by atoms with Crippen LogP contribution in [0.2, 0.25) is 0 Å². The Morgan fingerprint density at radius 3 is 2.67 bits per heavy atom. The first-order chi connectivity index (χ1) is 17.6. The fraction of sp³-hybridized carbons (Fsp3) is 0.429. The molecule has 0 saturated carbocycles. The lowest BCUT2D eigenvalue weighted by molar-refractivity contribution is 0.0365. The van der Waals surface area contributed by atoms with Gasteiger partial charge in [0.05, 0.1) is 38.1 Å². The van der Waals surface area contributed by atoms with Gasteiger partial charge in [-0.2, -0.15) is 0 Å². The van der Waals surface area contributed by atoms with Gasteiger partial charge < -0.3 is 24.3 Å². The molecular weight excluding hydrogens is 470 g/mol. The molecule has 0 amide bonds. The summed E-state index contributed by atoms with van der Waals surface area (Å²) in [6.07, 6.45) is 2.90. The lowest BCUT2D eigenvalue weighted by atomic mass is 9.96. The van der Waals surface area contributed by atoms with Gasteiger partial charge in [0.2, 0.25) is 0 Å². The number of nitrogens with one attached hydrogen (secondary N) is 1. The molecule has 0 radical (unpaired) electrons. The second kappa shape index (κ2) is 11.0. The van der Waals surface area contributed by atoms with Crippen molar-refractivity contribution in [2.75, 3.05) is 46.5 Å². The number of aromatic nitrogens is 2. The van der Waals surface area contributed by atoms with E-state index >= 15 is 0 Å². The molecule has 0 bridgehead atoms. The molecule has 7 nitrogen and oxygen atoms in total. The number of rotatable bonds is 8. The van der Waals surface area contributed by atoms with E-state index in [0.717, 1.165) is 68.1 Å². The van der Waals surface area contributed by atoms with Gasteiger partial charge in [-0.1, -0.05) is 12.1 Å². The molecule has 2 aliphatic heterocycles. The van der Waals surface area contributed by atoms with Crippen molar-refractivity contribution in [3.63, 3.8) is 0 Å². The minimum atomic E-state index is -0.0126. The molecule has 36 heavy (non-hydrogen) atoms. The molecular formula is C28H35N5O2S. The van der Waals surface area contributed by atoms with Crippen molar-refractivity contribution in [2.45, 2.75) is 32.4 Å². The molecule has 2 aliphatic rings. The summed E-state index contributed by atoms with van der Waals surface area (Å²) in [4.78, 5) is 9.55. The molecule has 2 saturated heterocycles. The molecule has 4 heterocycles. The van der Waals surface area contributed by atoms with Crippen LogP contribution in [0, 0.1) is 13.8 Å². The zero-order valence-electron chi connectivity index (χ0n) is 21.3. The standard InChI is InChI=1S/C28H35N5O2S/c1-20-18-24(21(2)33(20)22-8-6-9-23(19-22)34-3)27-26(25-10-4-5-11-29-25)30-28(36)32(27)13-7-12-31-14-16-35-17-15-31/h4-6,8-11,18-19,26-27H,7,12-17H2,1-3H3,(H,30,36)/t26-,27-/m1/s1. The van der Waals surface area contributed by atoms with Gasteiger partial charge in [-0.3, -0.25) is 9.88 Å². The molecule has 0 unspecified atom stereocenters. The van der Waals surface area contributed by atoms with E-state index in [-0.39, 0.29) is 12.1 Å². The number of pyridine rings is 1. The molecule has 0 spiro atoms. The largest absolute Gasteiger partial charge is 0.497 e. The van der Waals surface area contributed by atoms with Crippen molar-refractivity contribution in [1.82, 2.24) is 24.7 Å². The van der Waals surface area contributed by atoms with Crippen molar-refractivity contribution in [2.24, 2.45) is 0 Å². The van der Waals surface area contributed by atoms with Gasteiger partial charge in [-0.15, -0.1) is 0 Å². The second-order valence-corrected chi connectivity index (χ2v) is 9.88. The minimum absolute atomic E-state index is 0.0126. The smallest absolute Gasteiger partial charge is 0.170 e. The van der Waals surface area contributed by atoms with Crippen LogP contribution in [-0.2, 0) is 4.74 Å². The molecule has 1 N–H and O–H groups in total. The van der Waals surface area contributed by atoms with Gasteiger partial charge >= 0.3 is 0 Å². The number of morpholine rings is 1. The normalized spacial score (nSPS) is 20.5. The molecule has 1 aromatic carbocycles. The molecule has 8 heteroatoms. The van der Waals surface area contributed by atoms with Crippen LogP contribution in [0.5, 0.6) is 5.75 Å². The van der Waals surface area contributed by atoms with E-state index in [1.54, 1.807) is 7.11 Å². The van der Waals surface area contributed by atoms with Crippen LogP contribution in [0.1, 0.15) is 41.1 Å². The number of nitrogens with zero attached hydrogens (tertiary/aromatic N) is 4. The number of methoxy groups -OCH3 is 1. The summed E-state index contributed by atoms with van der Waals surface area (Å²) < 4.78 is 13.3. The molecule has 5 rings (SSSR count). The quantitative estimate of drug-likeness (QED) is 0.461. The Kier molecular flexibility index (Phi) is 7.55. The van der Waals surface area contributed by atoms with Crippen LogP contribution >= 0.6 is 12.2 Å². The first-order valence-electron chi connectivity index (χ1n) is 12.7. The van der Waals surface area contributed by atoms with E-state index in [1.807, 2.05) is 30.5 Å². The third-order valence-corrected chi connectivity index (χ3v) is 7.63. The zero-order chi connectivity index (χ0) is 25.1. The number of aryl methyl sites for hydroxylation is 1. The minimum Gasteiger partial charge on any atom is -0.497 e. The van der Waals surface area contributed by atoms with Gasteiger partial charge in [0, 0.05) is 55.5 Å². The highest BCUT2D eigenvalue weighted by Crippen LogP contribution is 2.41. The van der Waals surface area contributed by atoms with Crippen molar-refractivity contribution < 1.29 is 9.47 Å². The Morgan fingerprint density at radius 1 is 1.08 bits per heavy atom. The number of thiocarbonyl (C=S) groups is 1. The average molecular weight is 506 g/mol. The van der Waals surface area contributed by atoms with Crippen LogP contribution in [0.15, 0.2) is 54.7 Å². The van der Waals surface area contributed by atoms with E-state index in [4.69, 9.17) is 26.7 Å². The van der Waals surface area contributed by atoms with Gasteiger partial charge in [0.15, 0.2) is 5.11 Å².